The number of hydrogen-bond acceptors (Lipinski definition) is 1. The first-order chi connectivity index (χ1) is 9.79. The Bertz CT molecular complexity index is 438. The third kappa shape index (κ3) is 6.23. The topological polar surface area (TPSA) is 9.23 Å². The van der Waals surface area contributed by atoms with Gasteiger partial charge in [-0.3, -0.25) is 0 Å². The molecule has 0 aromatic heterocycles. The molecule has 0 aromatic carbocycles. The van der Waals surface area contributed by atoms with Crippen LogP contribution in [0.4, 0.5) is 0 Å². The van der Waals surface area contributed by atoms with Crippen LogP contribution >= 0.6 is 11.6 Å². The molecule has 0 N–H and O–H groups in total. The summed E-state index contributed by atoms with van der Waals surface area (Å²) in [5.74, 6) is 0.277. The Morgan fingerprint density at radius 2 is 2.20 bits per heavy atom. The lowest BCUT2D eigenvalue weighted by Crippen LogP contribution is -2.14. The van der Waals surface area contributed by atoms with Gasteiger partial charge in [0, 0.05) is 5.92 Å². The van der Waals surface area contributed by atoms with E-state index in [0.717, 1.165) is 12.8 Å². The first-order valence-electron chi connectivity index (χ1n) is 6.91. The zero-order valence-electron chi connectivity index (χ0n) is 12.1. The van der Waals surface area contributed by atoms with E-state index < -0.39 is 0 Å². The van der Waals surface area contributed by atoms with Gasteiger partial charge in [-0.05, 0) is 19.8 Å². The molecule has 1 nitrogen and oxygen atoms in total. The smallest absolute Gasteiger partial charge is 0.120 e. The monoisotopic (exact) mass is 290 g/mol. The molecule has 1 unspecified atom stereocenters. The van der Waals surface area contributed by atoms with Crippen LogP contribution in [0.2, 0.25) is 0 Å². The number of allylic oxidation sites excluding steroid dienone is 9. The van der Waals surface area contributed by atoms with Crippen molar-refractivity contribution in [3.8, 4) is 0 Å². The highest BCUT2D eigenvalue weighted by Gasteiger charge is 2.15. The Balaban J connectivity index is 3.02. The Hall–Kier alpha value is -1.31. The second kappa shape index (κ2) is 10.5. The van der Waals surface area contributed by atoms with Gasteiger partial charge in [0.25, 0.3) is 0 Å². The molecule has 0 amide bonds. The molecule has 0 spiro atoms. The second-order valence-corrected chi connectivity index (χ2v) is 4.88. The fourth-order valence-corrected chi connectivity index (χ4v) is 2.23. The van der Waals surface area contributed by atoms with E-state index >= 15 is 0 Å². The number of ether oxygens (including phenoxy) is 1. The summed E-state index contributed by atoms with van der Waals surface area (Å²) in [5, 5.41) is 0. The van der Waals surface area contributed by atoms with Crippen molar-refractivity contribution in [3.05, 3.63) is 72.4 Å². The average Bonchev–Trinajstić information content (AvgIpc) is 2.45. The molecule has 1 rings (SSSR count). The van der Waals surface area contributed by atoms with E-state index in [4.69, 9.17) is 16.3 Å². The SMILES string of the molecule is C=C/C=C\C=C1/CCC=C/C=C\C=C(/C)C1COCCl. The first kappa shape index (κ1) is 16.7. The van der Waals surface area contributed by atoms with Crippen LogP contribution in [0, 0.1) is 5.92 Å². The minimum absolute atomic E-state index is 0.231. The lowest BCUT2D eigenvalue weighted by Gasteiger charge is -2.21. The molecule has 1 aliphatic rings. The minimum atomic E-state index is 0.231. The summed E-state index contributed by atoms with van der Waals surface area (Å²) in [6.45, 7) is 6.46. The molecule has 20 heavy (non-hydrogen) atoms. The van der Waals surface area contributed by atoms with Crippen LogP contribution in [0.15, 0.2) is 72.4 Å². The first-order valence-corrected chi connectivity index (χ1v) is 7.45. The summed E-state index contributed by atoms with van der Waals surface area (Å²) in [6.07, 6.45) is 20.5. The predicted molar refractivity (Wildman–Crippen MR) is 88.9 cm³/mol. The maximum atomic E-state index is 5.66. The van der Waals surface area contributed by atoms with Crippen LogP contribution in [0.3, 0.4) is 0 Å². The second-order valence-electron chi connectivity index (χ2n) is 4.66. The molecule has 0 saturated carbocycles. The normalized spacial score (nSPS) is 26.4. The minimum Gasteiger partial charge on any atom is -0.365 e. The molecule has 0 saturated heterocycles. The van der Waals surface area contributed by atoms with Crippen LogP contribution in [0.5, 0.6) is 0 Å². The number of alkyl halides is 1. The summed E-state index contributed by atoms with van der Waals surface area (Å²) in [6, 6.07) is 0.231. The molecule has 2 heteroatoms. The van der Waals surface area contributed by atoms with Crippen molar-refractivity contribution >= 4 is 11.6 Å². The van der Waals surface area contributed by atoms with Crippen molar-refractivity contribution in [1.29, 1.82) is 0 Å². The zero-order valence-corrected chi connectivity index (χ0v) is 12.9. The number of rotatable bonds is 5. The van der Waals surface area contributed by atoms with E-state index in [1.807, 2.05) is 12.2 Å². The lowest BCUT2D eigenvalue weighted by atomic mass is 9.88. The maximum absolute atomic E-state index is 5.66. The Kier molecular flexibility index (Phi) is 8.77. The van der Waals surface area contributed by atoms with Crippen molar-refractivity contribution in [2.75, 3.05) is 12.7 Å². The molecule has 108 valence electrons. The van der Waals surface area contributed by atoms with E-state index in [0.29, 0.717) is 6.61 Å². The van der Waals surface area contributed by atoms with E-state index in [1.54, 1.807) is 6.08 Å². The van der Waals surface area contributed by atoms with Crippen molar-refractivity contribution < 1.29 is 4.74 Å². The van der Waals surface area contributed by atoms with E-state index in [1.165, 1.54) is 11.1 Å². The van der Waals surface area contributed by atoms with Crippen LogP contribution in [-0.2, 0) is 4.74 Å². The van der Waals surface area contributed by atoms with Crippen LogP contribution in [0.25, 0.3) is 0 Å². The maximum Gasteiger partial charge on any atom is 0.120 e. The largest absolute Gasteiger partial charge is 0.365 e. The highest BCUT2D eigenvalue weighted by Crippen LogP contribution is 2.26. The lowest BCUT2D eigenvalue weighted by molar-refractivity contribution is 0.158. The predicted octanol–water partition coefficient (Wildman–Crippen LogP) is 5.34. The molecular weight excluding hydrogens is 268 g/mol. The van der Waals surface area contributed by atoms with Crippen molar-refractivity contribution in [1.82, 2.24) is 0 Å². The molecule has 1 aliphatic carbocycles. The summed E-state index contributed by atoms with van der Waals surface area (Å²) in [7, 11) is 0. The Labute approximate surface area is 127 Å². The average molecular weight is 291 g/mol. The van der Waals surface area contributed by atoms with E-state index in [-0.39, 0.29) is 12.0 Å². The van der Waals surface area contributed by atoms with Gasteiger partial charge < -0.3 is 4.74 Å². The highest BCUT2D eigenvalue weighted by atomic mass is 35.5. The Morgan fingerprint density at radius 1 is 1.35 bits per heavy atom. The summed E-state index contributed by atoms with van der Waals surface area (Å²) < 4.78 is 5.45. The quantitative estimate of drug-likeness (QED) is 0.491. The number of hydrogen-bond donors (Lipinski definition) is 0. The van der Waals surface area contributed by atoms with E-state index in [2.05, 4.69) is 50.0 Å². The number of halogens is 1. The van der Waals surface area contributed by atoms with Crippen LogP contribution < -0.4 is 0 Å². The van der Waals surface area contributed by atoms with Gasteiger partial charge in [-0.2, -0.15) is 0 Å². The molecule has 0 fully saturated rings. The molecular formula is C18H23ClO. The van der Waals surface area contributed by atoms with Crippen LogP contribution in [-0.4, -0.2) is 12.7 Å². The molecule has 0 heterocycles. The van der Waals surface area contributed by atoms with Gasteiger partial charge in [-0.15, -0.1) is 0 Å². The third-order valence-corrected chi connectivity index (χ3v) is 3.39. The van der Waals surface area contributed by atoms with Crippen molar-refractivity contribution in [3.63, 3.8) is 0 Å². The van der Waals surface area contributed by atoms with Gasteiger partial charge >= 0.3 is 0 Å². The van der Waals surface area contributed by atoms with Gasteiger partial charge in [-0.1, -0.05) is 84.0 Å². The van der Waals surface area contributed by atoms with Gasteiger partial charge in [-0.25, -0.2) is 0 Å². The fraction of sp³-hybridized carbons (Fsp3) is 0.333. The molecule has 0 aromatic rings. The summed E-state index contributed by atoms with van der Waals surface area (Å²) in [4.78, 5) is 0. The van der Waals surface area contributed by atoms with Gasteiger partial charge in [0.05, 0.1) is 6.61 Å². The standard InChI is InChI=1S/C18H23ClO/c1-3-4-8-12-17-13-10-7-5-6-9-11-16(2)18(17)14-20-15-19/h3-9,11-12,18H,1,10,13-15H2,2H3/b7-5?,8-4-,9-6-,16-11+,17-12+. The molecule has 1 atom stereocenters. The molecule has 0 aliphatic heterocycles. The van der Waals surface area contributed by atoms with Crippen molar-refractivity contribution in [2.24, 2.45) is 5.92 Å². The van der Waals surface area contributed by atoms with E-state index in [9.17, 15) is 0 Å². The molecule has 0 radical (unpaired) electrons. The van der Waals surface area contributed by atoms with Gasteiger partial charge in [0.1, 0.15) is 6.07 Å². The van der Waals surface area contributed by atoms with Gasteiger partial charge in [0.15, 0.2) is 0 Å². The van der Waals surface area contributed by atoms with Gasteiger partial charge in [0.2, 0.25) is 0 Å². The van der Waals surface area contributed by atoms with Crippen molar-refractivity contribution in [2.45, 2.75) is 19.8 Å². The summed E-state index contributed by atoms with van der Waals surface area (Å²) >= 11 is 5.66. The zero-order chi connectivity index (χ0) is 14.6. The van der Waals surface area contributed by atoms with Crippen LogP contribution in [0.1, 0.15) is 19.8 Å². The summed E-state index contributed by atoms with van der Waals surface area (Å²) in [5.41, 5.74) is 2.65. The Morgan fingerprint density at radius 3 is 2.95 bits per heavy atom. The highest BCUT2D eigenvalue weighted by molar-refractivity contribution is 6.17. The molecule has 0 bridgehead atoms. The third-order valence-electron chi connectivity index (χ3n) is 3.23. The fourth-order valence-electron chi connectivity index (χ4n) is 2.14.